The monoisotopic (exact) mass is 672 g/mol. The van der Waals surface area contributed by atoms with E-state index in [4.69, 9.17) is 10.5 Å². The molecule has 1 heterocycles. The molecule has 8 heteroatoms. The highest BCUT2D eigenvalue weighted by Gasteiger charge is 2.39. The maximum atomic E-state index is 14.8. The molecular formula is C42H48N4O4. The summed E-state index contributed by atoms with van der Waals surface area (Å²) in [6, 6.07) is 33.1. The van der Waals surface area contributed by atoms with Crippen LogP contribution in [0.15, 0.2) is 103 Å². The number of amides is 3. The molecule has 2 aliphatic rings. The molecule has 6 rings (SSSR count). The molecule has 4 aromatic rings. The van der Waals surface area contributed by atoms with Gasteiger partial charge in [0, 0.05) is 17.5 Å². The fourth-order valence-electron chi connectivity index (χ4n) is 7.72. The Kier molecular flexibility index (Phi) is 11.2. The Morgan fingerprint density at radius 2 is 1.56 bits per heavy atom. The third kappa shape index (κ3) is 7.85. The van der Waals surface area contributed by atoms with Gasteiger partial charge in [0.2, 0.25) is 11.8 Å². The van der Waals surface area contributed by atoms with Gasteiger partial charge < -0.3 is 25.6 Å². The largest absolute Gasteiger partial charge is 0.497 e. The molecule has 3 atom stereocenters. The predicted octanol–water partition coefficient (Wildman–Crippen LogP) is 7.63. The zero-order valence-electron chi connectivity index (χ0n) is 29.1. The summed E-state index contributed by atoms with van der Waals surface area (Å²) in [4.78, 5) is 45.9. The fraction of sp³-hybridized carbons (Fsp3) is 0.357. The van der Waals surface area contributed by atoms with Gasteiger partial charge in [-0.2, -0.15) is 0 Å². The van der Waals surface area contributed by atoms with Crippen LogP contribution in [0.2, 0.25) is 0 Å². The minimum atomic E-state index is -0.874. The molecule has 50 heavy (non-hydrogen) atoms. The number of hydrogen-bond acceptors (Lipinski definition) is 5. The van der Waals surface area contributed by atoms with E-state index in [-0.39, 0.29) is 18.4 Å². The summed E-state index contributed by atoms with van der Waals surface area (Å²) in [6.07, 6.45) is 6.24. The highest BCUT2D eigenvalue weighted by atomic mass is 16.5. The molecule has 3 unspecified atom stereocenters. The molecule has 0 spiro atoms. The van der Waals surface area contributed by atoms with Gasteiger partial charge >= 0.3 is 0 Å². The number of anilines is 3. The van der Waals surface area contributed by atoms with Crippen LogP contribution in [0.25, 0.3) is 11.1 Å². The van der Waals surface area contributed by atoms with Gasteiger partial charge in [0.05, 0.1) is 31.6 Å². The molecule has 1 fully saturated rings. The van der Waals surface area contributed by atoms with E-state index in [0.29, 0.717) is 25.3 Å². The lowest BCUT2D eigenvalue weighted by Crippen LogP contribution is -2.54. The first-order valence-electron chi connectivity index (χ1n) is 17.9. The predicted molar refractivity (Wildman–Crippen MR) is 199 cm³/mol. The summed E-state index contributed by atoms with van der Waals surface area (Å²) >= 11 is 0. The van der Waals surface area contributed by atoms with Gasteiger partial charge in [-0.3, -0.25) is 14.4 Å². The number of methoxy groups -OCH3 is 1. The average Bonchev–Trinajstić information content (AvgIpc) is 3.64. The maximum Gasteiger partial charge on any atom is 0.251 e. The second kappa shape index (κ2) is 16.1. The minimum Gasteiger partial charge on any atom is -0.497 e. The number of carbonyl (C=O) groups is 3. The molecule has 3 amide bonds. The Balaban J connectivity index is 1.36. The highest BCUT2D eigenvalue weighted by Crippen LogP contribution is 2.39. The number of nitrogens with zero attached hydrogens (tertiary/aromatic N) is 2. The summed E-state index contributed by atoms with van der Waals surface area (Å²) in [7, 11) is 1.65. The van der Waals surface area contributed by atoms with Crippen LogP contribution in [-0.4, -0.2) is 37.4 Å². The zero-order valence-corrected chi connectivity index (χ0v) is 29.1. The third-order valence-corrected chi connectivity index (χ3v) is 10.3. The Morgan fingerprint density at radius 1 is 0.860 bits per heavy atom. The summed E-state index contributed by atoms with van der Waals surface area (Å²) in [5.41, 5.74) is 11.5. The number of ether oxygens (including phenoxy) is 1. The van der Waals surface area contributed by atoms with Crippen molar-refractivity contribution in [3.05, 3.63) is 109 Å². The molecule has 0 aromatic heterocycles. The van der Waals surface area contributed by atoms with E-state index in [1.54, 1.807) is 12.0 Å². The summed E-state index contributed by atoms with van der Waals surface area (Å²) in [5, 5.41) is 3.18. The quantitative estimate of drug-likeness (QED) is 0.152. The summed E-state index contributed by atoms with van der Waals surface area (Å²) in [5.74, 6) is -0.940. The molecule has 260 valence electrons. The highest BCUT2D eigenvalue weighted by molar-refractivity contribution is 6.04. The SMILES string of the molecule is CCCC(C(N)=O)C(CC1CCCC1)C(=O)NC1CN(c2ccccc2)c2ccccc2N(Cc2cccc(-c3ccc(OC)cc3)c2)C1=O. The number of benzene rings is 4. The molecule has 4 aromatic carbocycles. The third-order valence-electron chi connectivity index (χ3n) is 10.3. The lowest BCUT2D eigenvalue weighted by Gasteiger charge is -2.30. The number of carbonyl (C=O) groups excluding carboxylic acids is 3. The molecule has 3 N–H and O–H groups in total. The van der Waals surface area contributed by atoms with Crippen LogP contribution in [0, 0.1) is 17.8 Å². The van der Waals surface area contributed by atoms with E-state index in [2.05, 4.69) is 22.3 Å². The lowest BCUT2D eigenvalue weighted by atomic mass is 9.80. The number of fused-ring (bicyclic) bond motifs is 1. The average molecular weight is 673 g/mol. The molecule has 0 bridgehead atoms. The van der Waals surface area contributed by atoms with Gasteiger partial charge in [-0.05, 0) is 77.9 Å². The van der Waals surface area contributed by atoms with Gasteiger partial charge in [0.1, 0.15) is 11.8 Å². The van der Waals surface area contributed by atoms with E-state index in [0.717, 1.165) is 71.6 Å². The topological polar surface area (TPSA) is 105 Å². The second-order valence-corrected chi connectivity index (χ2v) is 13.6. The zero-order chi connectivity index (χ0) is 35.0. The van der Waals surface area contributed by atoms with Crippen LogP contribution >= 0.6 is 0 Å². The number of nitrogens with one attached hydrogen (secondary N) is 1. The molecular weight excluding hydrogens is 624 g/mol. The van der Waals surface area contributed by atoms with Gasteiger partial charge in [-0.15, -0.1) is 0 Å². The smallest absolute Gasteiger partial charge is 0.251 e. The summed E-state index contributed by atoms with van der Waals surface area (Å²) < 4.78 is 5.35. The normalized spacial score (nSPS) is 17.5. The van der Waals surface area contributed by atoms with Crippen molar-refractivity contribution in [2.75, 3.05) is 23.5 Å². The first kappa shape index (κ1) is 34.7. The standard InChI is InChI=1S/C42H48N4O4/c1-3-12-35(40(43)47)36(26-29-13-7-8-14-29)41(48)44-37-28-45(33-17-5-4-6-18-33)38-19-9-10-20-39(38)46(42(37)49)27-30-15-11-16-32(25-30)31-21-23-34(50-2)24-22-31/h4-6,9-11,15-25,29,35-37H,3,7-8,12-14,26-28H2,1-2H3,(H2,43,47)(H,44,48). The summed E-state index contributed by atoms with van der Waals surface area (Å²) in [6.45, 7) is 2.55. The van der Waals surface area contributed by atoms with E-state index in [1.165, 1.54) is 0 Å². The Morgan fingerprint density at radius 3 is 2.24 bits per heavy atom. The minimum absolute atomic E-state index is 0.204. The molecule has 8 nitrogen and oxygen atoms in total. The van der Waals surface area contributed by atoms with Gasteiger partial charge in [-0.1, -0.05) is 99.7 Å². The number of nitrogens with two attached hydrogens (primary N) is 1. The van der Waals surface area contributed by atoms with Crippen molar-refractivity contribution in [3.8, 4) is 16.9 Å². The number of rotatable bonds is 13. The van der Waals surface area contributed by atoms with E-state index in [1.807, 2.05) is 97.9 Å². The second-order valence-electron chi connectivity index (χ2n) is 13.6. The van der Waals surface area contributed by atoms with Crippen LogP contribution in [0.3, 0.4) is 0 Å². The maximum absolute atomic E-state index is 14.8. The Labute approximate surface area is 295 Å². The van der Waals surface area contributed by atoms with Crippen molar-refractivity contribution >= 4 is 34.8 Å². The molecule has 0 saturated heterocycles. The molecule has 1 aliphatic carbocycles. The van der Waals surface area contributed by atoms with Gasteiger partial charge in [0.15, 0.2) is 0 Å². The molecule has 0 radical (unpaired) electrons. The van der Waals surface area contributed by atoms with Crippen molar-refractivity contribution in [1.29, 1.82) is 0 Å². The fourth-order valence-corrected chi connectivity index (χ4v) is 7.72. The van der Waals surface area contributed by atoms with Crippen molar-refractivity contribution in [2.45, 2.75) is 64.5 Å². The lowest BCUT2D eigenvalue weighted by molar-refractivity contribution is -0.136. The van der Waals surface area contributed by atoms with Crippen molar-refractivity contribution < 1.29 is 19.1 Å². The molecule has 1 aliphatic heterocycles. The van der Waals surface area contributed by atoms with E-state index in [9.17, 15) is 14.4 Å². The van der Waals surface area contributed by atoms with Crippen LogP contribution < -0.4 is 25.6 Å². The van der Waals surface area contributed by atoms with Crippen molar-refractivity contribution in [1.82, 2.24) is 5.32 Å². The number of para-hydroxylation sites is 3. The number of hydrogen-bond donors (Lipinski definition) is 2. The first-order valence-corrected chi connectivity index (χ1v) is 17.9. The van der Waals surface area contributed by atoms with Gasteiger partial charge in [0.25, 0.3) is 5.91 Å². The van der Waals surface area contributed by atoms with Crippen LogP contribution in [0.1, 0.15) is 57.4 Å². The van der Waals surface area contributed by atoms with Crippen molar-refractivity contribution in [2.24, 2.45) is 23.5 Å². The number of primary amides is 1. The van der Waals surface area contributed by atoms with Crippen molar-refractivity contribution in [3.63, 3.8) is 0 Å². The van der Waals surface area contributed by atoms with Gasteiger partial charge in [-0.25, -0.2) is 0 Å². The molecule has 1 saturated carbocycles. The first-order chi connectivity index (χ1) is 24.4. The van der Waals surface area contributed by atoms with Crippen LogP contribution in [-0.2, 0) is 20.9 Å². The van der Waals surface area contributed by atoms with E-state index >= 15 is 0 Å². The van der Waals surface area contributed by atoms with E-state index < -0.39 is 23.8 Å². The van der Waals surface area contributed by atoms with Crippen LogP contribution in [0.4, 0.5) is 17.1 Å². The Hall–Kier alpha value is -5.11. The Bertz CT molecular complexity index is 1770. The van der Waals surface area contributed by atoms with Crippen LogP contribution in [0.5, 0.6) is 5.75 Å².